The van der Waals surface area contributed by atoms with E-state index in [0.717, 1.165) is 16.7 Å². The zero-order valence-corrected chi connectivity index (χ0v) is 15.8. The molecule has 0 aliphatic carbocycles. The summed E-state index contributed by atoms with van der Waals surface area (Å²) in [7, 11) is 1.58. The summed E-state index contributed by atoms with van der Waals surface area (Å²) in [5.74, 6) is 0.877. The van der Waals surface area contributed by atoms with Crippen molar-refractivity contribution in [2.24, 2.45) is 5.10 Å². The maximum absolute atomic E-state index is 11.9. The number of rotatable bonds is 7. The third-order valence-electron chi connectivity index (χ3n) is 4.10. The zero-order chi connectivity index (χ0) is 20.5. The molecule has 3 aromatic carbocycles. The largest absolute Gasteiger partial charge is 0.496 e. The summed E-state index contributed by atoms with van der Waals surface area (Å²) in [6, 6.07) is 24.2. The number of nitrogens with zero attached hydrogens (tertiary/aromatic N) is 2. The van der Waals surface area contributed by atoms with Gasteiger partial charge in [-0.2, -0.15) is 10.4 Å². The second-order valence-electron chi connectivity index (χ2n) is 6.04. The number of para-hydroxylation sites is 1. The van der Waals surface area contributed by atoms with Crippen LogP contribution in [0.1, 0.15) is 11.1 Å². The van der Waals surface area contributed by atoms with Crippen molar-refractivity contribution in [1.29, 1.82) is 5.26 Å². The molecule has 0 heterocycles. The van der Waals surface area contributed by atoms with E-state index in [2.05, 4.69) is 16.6 Å². The smallest absolute Gasteiger partial charge is 0.277 e. The van der Waals surface area contributed by atoms with E-state index in [4.69, 9.17) is 14.7 Å². The van der Waals surface area contributed by atoms with Crippen LogP contribution in [0.2, 0.25) is 0 Å². The highest BCUT2D eigenvalue weighted by molar-refractivity contribution is 5.85. The average molecular weight is 385 g/mol. The number of nitrogens with one attached hydrogen (secondary N) is 1. The van der Waals surface area contributed by atoms with Gasteiger partial charge in [-0.1, -0.05) is 36.4 Å². The Labute approximate surface area is 169 Å². The monoisotopic (exact) mass is 385 g/mol. The molecule has 0 fully saturated rings. The number of nitriles is 1. The fraction of sp³-hybridized carbons (Fsp3) is 0.0870. The van der Waals surface area contributed by atoms with Gasteiger partial charge in [-0.05, 0) is 47.5 Å². The Balaban J connectivity index is 1.51. The van der Waals surface area contributed by atoms with Crippen LogP contribution in [0.25, 0.3) is 11.1 Å². The maximum atomic E-state index is 11.9. The number of benzene rings is 3. The topological polar surface area (TPSA) is 83.7 Å². The highest BCUT2D eigenvalue weighted by atomic mass is 16.5. The number of methoxy groups -OCH3 is 1. The Morgan fingerprint density at radius 3 is 2.34 bits per heavy atom. The van der Waals surface area contributed by atoms with Gasteiger partial charge in [0.25, 0.3) is 5.91 Å². The Morgan fingerprint density at radius 1 is 1.03 bits per heavy atom. The molecule has 0 radical (unpaired) electrons. The van der Waals surface area contributed by atoms with E-state index in [1.165, 1.54) is 6.21 Å². The summed E-state index contributed by atoms with van der Waals surface area (Å²) in [5, 5.41) is 12.8. The quantitative estimate of drug-likeness (QED) is 0.496. The number of ether oxygens (including phenoxy) is 2. The van der Waals surface area contributed by atoms with Gasteiger partial charge in [-0.25, -0.2) is 5.43 Å². The van der Waals surface area contributed by atoms with Crippen molar-refractivity contribution in [3.8, 4) is 28.7 Å². The van der Waals surface area contributed by atoms with Crippen LogP contribution >= 0.6 is 0 Å². The number of hydrazone groups is 1. The minimum absolute atomic E-state index is 0.153. The van der Waals surface area contributed by atoms with E-state index in [9.17, 15) is 4.79 Å². The van der Waals surface area contributed by atoms with Gasteiger partial charge >= 0.3 is 0 Å². The number of carbonyl (C=O) groups is 1. The molecule has 1 amide bonds. The maximum Gasteiger partial charge on any atom is 0.277 e. The third kappa shape index (κ3) is 5.44. The molecule has 0 unspecified atom stereocenters. The third-order valence-corrected chi connectivity index (χ3v) is 4.10. The van der Waals surface area contributed by atoms with Gasteiger partial charge < -0.3 is 9.47 Å². The van der Waals surface area contributed by atoms with Crippen LogP contribution in [-0.2, 0) is 4.79 Å². The molecular formula is C23H19N3O3. The molecular weight excluding hydrogens is 366 g/mol. The predicted molar refractivity (Wildman–Crippen MR) is 111 cm³/mol. The Bertz CT molecular complexity index is 1040. The van der Waals surface area contributed by atoms with E-state index in [-0.39, 0.29) is 12.5 Å². The molecule has 3 aromatic rings. The lowest BCUT2D eigenvalue weighted by molar-refractivity contribution is -0.123. The Morgan fingerprint density at radius 2 is 1.69 bits per heavy atom. The van der Waals surface area contributed by atoms with Gasteiger partial charge in [-0.15, -0.1) is 0 Å². The lowest BCUT2D eigenvalue weighted by Crippen LogP contribution is -2.24. The van der Waals surface area contributed by atoms with Crippen LogP contribution in [0, 0.1) is 11.3 Å². The molecule has 0 bridgehead atoms. The number of hydrogen-bond donors (Lipinski definition) is 1. The predicted octanol–water partition coefficient (Wildman–Crippen LogP) is 3.76. The second kappa shape index (κ2) is 9.72. The summed E-state index contributed by atoms with van der Waals surface area (Å²) in [5.41, 5.74) is 5.79. The molecule has 1 N–H and O–H groups in total. The molecule has 0 saturated heterocycles. The van der Waals surface area contributed by atoms with Crippen molar-refractivity contribution < 1.29 is 14.3 Å². The molecule has 144 valence electrons. The first-order chi connectivity index (χ1) is 14.2. The number of hydrogen-bond acceptors (Lipinski definition) is 5. The van der Waals surface area contributed by atoms with E-state index in [1.807, 2.05) is 48.5 Å². The van der Waals surface area contributed by atoms with Crippen molar-refractivity contribution in [3.05, 3.63) is 83.9 Å². The van der Waals surface area contributed by atoms with Crippen LogP contribution in [0.4, 0.5) is 0 Å². The molecule has 0 spiro atoms. The normalized spacial score (nSPS) is 10.3. The molecule has 0 aliphatic rings. The summed E-state index contributed by atoms with van der Waals surface area (Å²) in [6.07, 6.45) is 1.52. The van der Waals surface area contributed by atoms with Gasteiger partial charge in [-0.3, -0.25) is 4.79 Å². The Kier molecular flexibility index (Phi) is 6.58. The van der Waals surface area contributed by atoms with Gasteiger partial charge in [0.05, 0.1) is 25.0 Å². The SMILES string of the molecule is COc1ccccc1/C=N/NC(=O)COc1ccc(-c2ccc(C#N)cc2)cc1. The van der Waals surface area contributed by atoms with Crippen LogP contribution in [0.15, 0.2) is 77.9 Å². The average Bonchev–Trinajstić information content (AvgIpc) is 2.78. The minimum Gasteiger partial charge on any atom is -0.496 e. The van der Waals surface area contributed by atoms with Crippen molar-refractivity contribution >= 4 is 12.1 Å². The van der Waals surface area contributed by atoms with E-state index in [0.29, 0.717) is 17.1 Å². The van der Waals surface area contributed by atoms with Crippen LogP contribution in [0.5, 0.6) is 11.5 Å². The summed E-state index contributed by atoms with van der Waals surface area (Å²) < 4.78 is 10.7. The minimum atomic E-state index is -0.368. The van der Waals surface area contributed by atoms with Gasteiger partial charge in [0.15, 0.2) is 6.61 Å². The van der Waals surface area contributed by atoms with Crippen LogP contribution in [0.3, 0.4) is 0 Å². The van der Waals surface area contributed by atoms with Gasteiger partial charge in [0, 0.05) is 5.56 Å². The van der Waals surface area contributed by atoms with Gasteiger partial charge in [0.1, 0.15) is 11.5 Å². The van der Waals surface area contributed by atoms with E-state index < -0.39 is 0 Å². The van der Waals surface area contributed by atoms with Crippen molar-refractivity contribution in [3.63, 3.8) is 0 Å². The van der Waals surface area contributed by atoms with E-state index in [1.54, 1.807) is 31.4 Å². The molecule has 29 heavy (non-hydrogen) atoms. The number of carbonyl (C=O) groups excluding carboxylic acids is 1. The lowest BCUT2D eigenvalue weighted by Gasteiger charge is -2.07. The fourth-order valence-electron chi connectivity index (χ4n) is 2.61. The highest BCUT2D eigenvalue weighted by Gasteiger charge is 2.04. The molecule has 0 aliphatic heterocycles. The Hall–Kier alpha value is -4.11. The van der Waals surface area contributed by atoms with Crippen LogP contribution < -0.4 is 14.9 Å². The fourth-order valence-corrected chi connectivity index (χ4v) is 2.61. The van der Waals surface area contributed by atoms with Crippen molar-refractivity contribution in [2.75, 3.05) is 13.7 Å². The summed E-state index contributed by atoms with van der Waals surface area (Å²) >= 11 is 0. The molecule has 6 nitrogen and oxygen atoms in total. The molecule has 6 heteroatoms. The highest BCUT2D eigenvalue weighted by Crippen LogP contribution is 2.22. The first-order valence-corrected chi connectivity index (χ1v) is 8.88. The van der Waals surface area contributed by atoms with Crippen LogP contribution in [-0.4, -0.2) is 25.8 Å². The molecule has 0 saturated carbocycles. The zero-order valence-electron chi connectivity index (χ0n) is 15.8. The second-order valence-corrected chi connectivity index (χ2v) is 6.04. The van der Waals surface area contributed by atoms with Crippen molar-refractivity contribution in [1.82, 2.24) is 5.43 Å². The molecule has 3 rings (SSSR count). The molecule has 0 aromatic heterocycles. The molecule has 0 atom stereocenters. The lowest BCUT2D eigenvalue weighted by atomic mass is 10.0. The van der Waals surface area contributed by atoms with Crippen molar-refractivity contribution in [2.45, 2.75) is 0 Å². The number of amides is 1. The standard InChI is InChI=1S/C23H19N3O3/c1-28-22-5-3-2-4-20(22)15-25-26-23(27)16-29-21-12-10-19(11-13-21)18-8-6-17(14-24)7-9-18/h2-13,15H,16H2,1H3,(H,26,27)/b25-15+. The first-order valence-electron chi connectivity index (χ1n) is 8.88. The van der Waals surface area contributed by atoms with E-state index >= 15 is 0 Å². The summed E-state index contributed by atoms with van der Waals surface area (Å²) in [6.45, 7) is -0.153. The first kappa shape index (κ1) is 19.6. The van der Waals surface area contributed by atoms with Gasteiger partial charge in [0.2, 0.25) is 0 Å². The summed E-state index contributed by atoms with van der Waals surface area (Å²) in [4.78, 5) is 11.9.